The van der Waals surface area contributed by atoms with Crippen molar-refractivity contribution in [3.8, 4) is 11.1 Å². The Morgan fingerprint density at radius 3 is 1.81 bits per heavy atom. The molecule has 0 aromatic heterocycles. The number of benzene rings is 7. The number of allylic oxidation sites excluding steroid dienone is 12. The Bertz CT molecular complexity index is 3890. The van der Waals surface area contributed by atoms with Crippen LogP contribution in [0.25, 0.3) is 22.3 Å². The molecular formula is C76H74N2. The van der Waals surface area contributed by atoms with Gasteiger partial charge in [0, 0.05) is 51.4 Å². The van der Waals surface area contributed by atoms with E-state index in [1.807, 2.05) is 0 Å². The van der Waals surface area contributed by atoms with Crippen LogP contribution in [-0.2, 0) is 16.2 Å². The first kappa shape index (κ1) is 49.9. The van der Waals surface area contributed by atoms with Crippen molar-refractivity contribution in [3.63, 3.8) is 0 Å². The molecule has 0 saturated carbocycles. The first-order valence-corrected chi connectivity index (χ1v) is 28.7. The van der Waals surface area contributed by atoms with Crippen LogP contribution < -0.4 is 20.2 Å². The van der Waals surface area contributed by atoms with Gasteiger partial charge in [-0.05, 0) is 185 Å². The van der Waals surface area contributed by atoms with Gasteiger partial charge in [-0.15, -0.1) is 0 Å². The lowest BCUT2D eigenvalue weighted by molar-refractivity contribution is 0.394. The van der Waals surface area contributed by atoms with Gasteiger partial charge in [0.25, 0.3) is 0 Å². The van der Waals surface area contributed by atoms with Crippen LogP contribution in [0.5, 0.6) is 0 Å². The zero-order valence-corrected chi connectivity index (χ0v) is 47.5. The summed E-state index contributed by atoms with van der Waals surface area (Å²) in [5, 5.41) is 2.58. The van der Waals surface area contributed by atoms with Crippen LogP contribution in [0.2, 0.25) is 0 Å². The highest BCUT2D eigenvalue weighted by Gasteiger charge is 2.45. The van der Waals surface area contributed by atoms with Crippen molar-refractivity contribution >= 4 is 33.9 Å². The molecule has 0 saturated heterocycles. The van der Waals surface area contributed by atoms with Crippen LogP contribution in [0.3, 0.4) is 0 Å². The molecule has 2 heteroatoms. The molecule has 6 aliphatic carbocycles. The smallest absolute Gasteiger partial charge is 0.0468 e. The van der Waals surface area contributed by atoms with E-state index in [1.54, 1.807) is 0 Å². The quantitative estimate of drug-likeness (QED) is 0.150. The Kier molecular flexibility index (Phi) is 11.8. The zero-order valence-electron chi connectivity index (χ0n) is 47.5. The van der Waals surface area contributed by atoms with E-state index in [-0.39, 0.29) is 27.6 Å². The topological polar surface area (TPSA) is 6.48 Å². The molecule has 3 atom stereocenters. The number of anilines is 4. The monoisotopic (exact) mass is 1010 g/mol. The van der Waals surface area contributed by atoms with Gasteiger partial charge in [0.05, 0.1) is 0 Å². The fourth-order valence-corrected chi connectivity index (χ4v) is 14.4. The second kappa shape index (κ2) is 18.5. The predicted octanol–water partition coefficient (Wildman–Crippen LogP) is 18.3. The number of hydrogen-bond acceptors (Lipinski definition) is 2. The summed E-state index contributed by atoms with van der Waals surface area (Å²) in [7, 11) is 0. The van der Waals surface area contributed by atoms with Crippen LogP contribution >= 0.6 is 0 Å². The third kappa shape index (κ3) is 8.20. The molecular weight excluding hydrogens is 941 g/mol. The highest BCUT2D eigenvalue weighted by Crippen LogP contribution is 2.55. The third-order valence-corrected chi connectivity index (χ3v) is 18.6. The van der Waals surface area contributed by atoms with E-state index >= 15 is 0 Å². The van der Waals surface area contributed by atoms with E-state index < -0.39 is 0 Å². The Morgan fingerprint density at radius 1 is 0.474 bits per heavy atom. The van der Waals surface area contributed by atoms with Crippen molar-refractivity contribution in [2.75, 3.05) is 9.80 Å². The van der Waals surface area contributed by atoms with E-state index in [2.05, 4.69) is 291 Å². The van der Waals surface area contributed by atoms with Gasteiger partial charge in [-0.3, -0.25) is 0 Å². The molecule has 0 fully saturated rings. The van der Waals surface area contributed by atoms with Crippen molar-refractivity contribution < 1.29 is 0 Å². The molecule has 7 aromatic carbocycles. The Hall–Kier alpha value is -7.68. The lowest BCUT2D eigenvalue weighted by atomic mass is 9.70. The minimum Gasteiger partial charge on any atom is -0.318 e. The van der Waals surface area contributed by atoms with E-state index in [9.17, 15) is 0 Å². The fraction of sp³-hybridized carbons (Fsp3) is 0.263. The van der Waals surface area contributed by atoms with E-state index in [1.165, 1.54) is 99.9 Å². The molecule has 0 N–H and O–H groups in total. The fourth-order valence-electron chi connectivity index (χ4n) is 14.4. The Balaban J connectivity index is 1.10. The molecule has 388 valence electrons. The molecule has 3 unspecified atom stereocenters. The molecule has 78 heavy (non-hydrogen) atoms. The van der Waals surface area contributed by atoms with Crippen LogP contribution in [0.4, 0.5) is 22.7 Å². The van der Waals surface area contributed by atoms with Crippen LogP contribution in [-0.4, -0.2) is 0 Å². The molecule has 0 bridgehead atoms. The van der Waals surface area contributed by atoms with Crippen molar-refractivity contribution in [3.05, 3.63) is 284 Å². The predicted molar refractivity (Wildman–Crippen MR) is 330 cm³/mol. The number of nitrogens with zero attached hydrogens (tertiary/aromatic N) is 2. The average Bonchev–Trinajstić information content (AvgIpc) is 3.96. The first-order valence-electron chi connectivity index (χ1n) is 28.7. The summed E-state index contributed by atoms with van der Waals surface area (Å²) >= 11 is 0. The molecule has 0 spiro atoms. The lowest BCUT2D eigenvalue weighted by Gasteiger charge is -2.39. The van der Waals surface area contributed by atoms with Crippen molar-refractivity contribution in [2.24, 2.45) is 17.3 Å². The summed E-state index contributed by atoms with van der Waals surface area (Å²) in [5.74, 6) is 0.867. The maximum absolute atomic E-state index is 2.61. The largest absolute Gasteiger partial charge is 0.318 e. The molecule has 7 aromatic rings. The number of fused-ring (bicyclic) bond motifs is 8. The zero-order chi connectivity index (χ0) is 53.9. The number of para-hydroxylation sites is 2. The number of rotatable bonds is 8. The molecule has 0 amide bonds. The average molecular weight is 1020 g/mol. The van der Waals surface area contributed by atoms with Crippen LogP contribution in [0.15, 0.2) is 235 Å². The summed E-state index contributed by atoms with van der Waals surface area (Å²) in [6.07, 6.45) is 22.1. The van der Waals surface area contributed by atoms with Crippen molar-refractivity contribution in [1.82, 2.24) is 0 Å². The maximum atomic E-state index is 2.61. The van der Waals surface area contributed by atoms with Gasteiger partial charge in [-0.1, -0.05) is 220 Å². The summed E-state index contributed by atoms with van der Waals surface area (Å²) in [5.41, 5.74) is 25.3. The molecule has 0 radical (unpaired) electrons. The highest BCUT2D eigenvalue weighted by molar-refractivity contribution is 5.92. The maximum Gasteiger partial charge on any atom is 0.0468 e. The van der Waals surface area contributed by atoms with Crippen molar-refractivity contribution in [1.29, 1.82) is 0 Å². The highest BCUT2D eigenvalue weighted by atomic mass is 15.2. The molecule has 2 nitrogen and oxygen atoms in total. The third-order valence-electron chi connectivity index (χ3n) is 18.6. The summed E-state index contributed by atoms with van der Waals surface area (Å²) in [6.45, 7) is 23.7. The normalized spacial score (nSPS) is 20.3. The summed E-state index contributed by atoms with van der Waals surface area (Å²) < 4.78 is 0. The minimum atomic E-state index is -0.153. The van der Waals surface area contributed by atoms with Gasteiger partial charge >= 0.3 is 0 Å². The first-order chi connectivity index (χ1) is 37.5. The Labute approximate surface area is 464 Å². The lowest BCUT2D eigenvalue weighted by Crippen LogP contribution is -2.40. The van der Waals surface area contributed by atoms with E-state index in [0.29, 0.717) is 11.8 Å². The SMILES string of the molecule is CC(C)(C)C1=CC=C(N(C2=CC=C3C(c4ccc5c(c4)C(C)(C)c4ccccc4-5)=c4cc(N(c5ccccc5)c5ccc(C(C)(C)C)cc5)ccc4=C(c4ccc5c(c4)C(C)(C)C4C=CC=CC54)C3C2)c2ccccc2)CC1. The molecule has 6 aliphatic rings. The van der Waals surface area contributed by atoms with Gasteiger partial charge in [-0.25, -0.2) is 0 Å². The van der Waals surface area contributed by atoms with Gasteiger partial charge in [-0.2, -0.15) is 0 Å². The second-order valence-electron chi connectivity index (χ2n) is 26.1. The number of hydrogen-bond donors (Lipinski definition) is 0. The van der Waals surface area contributed by atoms with Crippen LogP contribution in [0, 0.1) is 17.3 Å². The summed E-state index contributed by atoms with van der Waals surface area (Å²) in [6, 6.07) is 62.9. The van der Waals surface area contributed by atoms with Crippen molar-refractivity contribution in [2.45, 2.75) is 111 Å². The van der Waals surface area contributed by atoms with Gasteiger partial charge < -0.3 is 9.80 Å². The Morgan fingerprint density at radius 2 is 1.10 bits per heavy atom. The van der Waals surface area contributed by atoms with E-state index in [0.717, 1.165) is 36.3 Å². The van der Waals surface area contributed by atoms with Gasteiger partial charge in [0.2, 0.25) is 0 Å². The standard InChI is InChI=1S/C76H74N2/c1-73(2,3)51-31-35-55(36-32-51)77(53-21-13-11-14-22-53)57-39-43-63-65(47-57)71(49-29-41-61-59-25-17-19-27-67(59)75(7,8)69(61)45-49)64-44-40-58(78(54-23-15-12-16-24-54)56-37-33-52(34-38-56)74(4,5)6)48-66(64)72(63)50-30-42-62-60-26-18-20-28-68(60)76(9,10)70(62)46-50/h11-33,35-37,39-47,60,66,68H,34,38,48H2,1-10H3. The molecule has 0 heterocycles. The second-order valence-corrected chi connectivity index (χ2v) is 26.1. The molecule has 0 aliphatic heterocycles. The van der Waals surface area contributed by atoms with Gasteiger partial charge in [0.1, 0.15) is 0 Å². The van der Waals surface area contributed by atoms with Crippen LogP contribution in [0.1, 0.15) is 133 Å². The van der Waals surface area contributed by atoms with Gasteiger partial charge in [0.15, 0.2) is 0 Å². The van der Waals surface area contributed by atoms with E-state index in [4.69, 9.17) is 0 Å². The molecule has 13 rings (SSSR count). The minimum absolute atomic E-state index is 0.0305. The summed E-state index contributed by atoms with van der Waals surface area (Å²) in [4.78, 5) is 5.06.